The van der Waals surface area contributed by atoms with Crippen molar-refractivity contribution in [1.29, 1.82) is 0 Å². The Hall–Kier alpha value is -1.09. The summed E-state index contributed by atoms with van der Waals surface area (Å²) in [5.41, 5.74) is 6.31. The normalized spacial score (nSPS) is 10.6. The number of hydrogen-bond acceptors (Lipinski definition) is 3. The van der Waals surface area contributed by atoms with E-state index < -0.39 is 0 Å². The minimum Gasteiger partial charge on any atom is -0.397 e. The molecule has 0 amide bonds. The van der Waals surface area contributed by atoms with Gasteiger partial charge in [0.25, 0.3) is 0 Å². The Bertz CT molecular complexity index is 392. The number of anilines is 1. The monoisotopic (exact) mass is 164 g/mol. The van der Waals surface area contributed by atoms with Crippen LogP contribution in [0.2, 0.25) is 0 Å². The number of rotatable bonds is 0. The standard InChI is InChI=1S/C8H8N2S/c1-5-2-6-3-7(9)4-10-8(6)11-5/h2-4H,9H2,1H3. The summed E-state index contributed by atoms with van der Waals surface area (Å²) in [6.07, 6.45) is 1.69. The third kappa shape index (κ3) is 1.07. The van der Waals surface area contributed by atoms with Crippen molar-refractivity contribution in [1.82, 2.24) is 4.98 Å². The van der Waals surface area contributed by atoms with E-state index >= 15 is 0 Å². The lowest BCUT2D eigenvalue weighted by Crippen LogP contribution is -1.83. The summed E-state index contributed by atoms with van der Waals surface area (Å²) in [4.78, 5) is 6.54. The summed E-state index contributed by atoms with van der Waals surface area (Å²) < 4.78 is 0. The second-order valence-corrected chi connectivity index (χ2v) is 3.75. The number of aromatic nitrogens is 1. The van der Waals surface area contributed by atoms with Gasteiger partial charge in [0, 0.05) is 10.3 Å². The highest BCUT2D eigenvalue weighted by molar-refractivity contribution is 7.18. The van der Waals surface area contributed by atoms with Crippen molar-refractivity contribution in [2.75, 3.05) is 5.73 Å². The first kappa shape index (κ1) is 6.61. The first-order chi connectivity index (χ1) is 5.25. The first-order valence-corrected chi connectivity index (χ1v) is 4.19. The number of pyridine rings is 1. The second-order valence-electron chi connectivity index (χ2n) is 2.52. The molecule has 0 spiro atoms. The van der Waals surface area contributed by atoms with E-state index in [4.69, 9.17) is 5.73 Å². The zero-order valence-corrected chi connectivity index (χ0v) is 6.98. The molecule has 2 aromatic rings. The van der Waals surface area contributed by atoms with E-state index in [1.54, 1.807) is 17.5 Å². The number of fused-ring (bicyclic) bond motifs is 1. The topological polar surface area (TPSA) is 38.9 Å². The molecule has 3 heteroatoms. The Balaban J connectivity index is 2.82. The lowest BCUT2D eigenvalue weighted by molar-refractivity contribution is 1.45. The molecule has 0 aliphatic rings. The number of nitrogens with zero attached hydrogens (tertiary/aromatic N) is 1. The van der Waals surface area contributed by atoms with Crippen LogP contribution in [0.15, 0.2) is 18.3 Å². The fourth-order valence-corrected chi connectivity index (χ4v) is 1.91. The molecule has 0 aliphatic carbocycles. The SMILES string of the molecule is Cc1cc2cc(N)cnc2s1. The van der Waals surface area contributed by atoms with Crippen LogP contribution >= 0.6 is 11.3 Å². The van der Waals surface area contributed by atoms with Crippen molar-refractivity contribution in [2.24, 2.45) is 0 Å². The van der Waals surface area contributed by atoms with E-state index in [0.717, 1.165) is 15.9 Å². The molecular formula is C8H8N2S. The highest BCUT2D eigenvalue weighted by Gasteiger charge is 1.98. The van der Waals surface area contributed by atoms with Gasteiger partial charge in [-0.05, 0) is 19.1 Å². The summed E-state index contributed by atoms with van der Waals surface area (Å²) in [6.45, 7) is 2.07. The van der Waals surface area contributed by atoms with Gasteiger partial charge in [0.05, 0.1) is 11.9 Å². The van der Waals surface area contributed by atoms with Crippen molar-refractivity contribution in [3.63, 3.8) is 0 Å². The van der Waals surface area contributed by atoms with Crippen LogP contribution in [-0.2, 0) is 0 Å². The Kier molecular flexibility index (Phi) is 1.32. The lowest BCUT2D eigenvalue weighted by Gasteiger charge is -1.89. The van der Waals surface area contributed by atoms with Gasteiger partial charge in [0.2, 0.25) is 0 Å². The molecule has 0 saturated heterocycles. The average molecular weight is 164 g/mol. The van der Waals surface area contributed by atoms with Crippen LogP contribution in [0.1, 0.15) is 4.88 Å². The van der Waals surface area contributed by atoms with E-state index in [-0.39, 0.29) is 0 Å². The third-order valence-electron chi connectivity index (χ3n) is 1.52. The third-order valence-corrected chi connectivity index (χ3v) is 2.49. The minimum absolute atomic E-state index is 0.732. The number of nitrogens with two attached hydrogens (primary N) is 1. The summed E-state index contributed by atoms with van der Waals surface area (Å²) in [5.74, 6) is 0. The van der Waals surface area contributed by atoms with Gasteiger partial charge in [-0.1, -0.05) is 0 Å². The fourth-order valence-electron chi connectivity index (χ4n) is 1.08. The van der Waals surface area contributed by atoms with Crippen LogP contribution in [0.3, 0.4) is 0 Å². The molecule has 2 aromatic heterocycles. The van der Waals surface area contributed by atoms with E-state index in [1.807, 2.05) is 6.07 Å². The molecule has 56 valence electrons. The van der Waals surface area contributed by atoms with Gasteiger partial charge >= 0.3 is 0 Å². The molecule has 11 heavy (non-hydrogen) atoms. The largest absolute Gasteiger partial charge is 0.397 e. The molecule has 0 aliphatic heterocycles. The van der Waals surface area contributed by atoms with Gasteiger partial charge in [0.1, 0.15) is 4.83 Å². The van der Waals surface area contributed by atoms with Gasteiger partial charge in [-0.25, -0.2) is 4.98 Å². The van der Waals surface area contributed by atoms with E-state index in [0.29, 0.717) is 0 Å². The Morgan fingerprint density at radius 2 is 2.27 bits per heavy atom. The summed E-state index contributed by atoms with van der Waals surface area (Å²) in [5, 5.41) is 1.15. The number of hydrogen-bond donors (Lipinski definition) is 1. The summed E-state index contributed by atoms with van der Waals surface area (Å²) in [7, 11) is 0. The molecule has 0 bridgehead atoms. The molecule has 0 unspecified atom stereocenters. The van der Waals surface area contributed by atoms with Gasteiger partial charge in [-0.2, -0.15) is 0 Å². The van der Waals surface area contributed by atoms with Crippen molar-refractivity contribution in [3.05, 3.63) is 23.2 Å². The van der Waals surface area contributed by atoms with Gasteiger partial charge < -0.3 is 5.73 Å². The Morgan fingerprint density at radius 1 is 1.45 bits per heavy atom. The molecular weight excluding hydrogens is 156 g/mol. The van der Waals surface area contributed by atoms with Crippen LogP contribution in [0, 0.1) is 6.92 Å². The van der Waals surface area contributed by atoms with Crippen molar-refractivity contribution in [3.8, 4) is 0 Å². The minimum atomic E-state index is 0.732. The molecule has 0 fully saturated rings. The molecule has 0 saturated carbocycles. The van der Waals surface area contributed by atoms with Crippen molar-refractivity contribution >= 4 is 27.2 Å². The predicted octanol–water partition coefficient (Wildman–Crippen LogP) is 2.19. The maximum Gasteiger partial charge on any atom is 0.123 e. The van der Waals surface area contributed by atoms with Gasteiger partial charge in [-0.15, -0.1) is 11.3 Å². The number of nitrogen functional groups attached to an aromatic ring is 1. The fraction of sp³-hybridized carbons (Fsp3) is 0.125. The van der Waals surface area contributed by atoms with Crippen LogP contribution < -0.4 is 5.73 Å². The lowest BCUT2D eigenvalue weighted by atomic mass is 10.3. The first-order valence-electron chi connectivity index (χ1n) is 3.37. The molecule has 2 rings (SSSR count). The predicted molar refractivity (Wildman–Crippen MR) is 48.8 cm³/mol. The Morgan fingerprint density at radius 3 is 3.09 bits per heavy atom. The average Bonchev–Trinajstić information content (AvgIpc) is 2.27. The molecule has 0 atom stereocenters. The smallest absolute Gasteiger partial charge is 0.123 e. The highest BCUT2D eigenvalue weighted by Crippen LogP contribution is 2.23. The zero-order valence-electron chi connectivity index (χ0n) is 6.16. The van der Waals surface area contributed by atoms with E-state index in [9.17, 15) is 0 Å². The molecule has 0 radical (unpaired) electrons. The van der Waals surface area contributed by atoms with Gasteiger partial charge in [-0.3, -0.25) is 0 Å². The van der Waals surface area contributed by atoms with Crippen LogP contribution in [0.25, 0.3) is 10.2 Å². The van der Waals surface area contributed by atoms with Crippen LogP contribution in [0.5, 0.6) is 0 Å². The maximum atomic E-state index is 5.58. The quantitative estimate of drug-likeness (QED) is 0.648. The highest BCUT2D eigenvalue weighted by atomic mass is 32.1. The molecule has 0 aromatic carbocycles. The van der Waals surface area contributed by atoms with E-state index in [2.05, 4.69) is 18.0 Å². The molecule has 2 N–H and O–H groups in total. The summed E-state index contributed by atoms with van der Waals surface area (Å²) in [6, 6.07) is 4.05. The van der Waals surface area contributed by atoms with Crippen LogP contribution in [-0.4, -0.2) is 4.98 Å². The number of thiophene rings is 1. The summed E-state index contributed by atoms with van der Waals surface area (Å²) >= 11 is 1.69. The second kappa shape index (κ2) is 2.20. The zero-order chi connectivity index (χ0) is 7.84. The maximum absolute atomic E-state index is 5.58. The Labute approximate surface area is 68.7 Å². The van der Waals surface area contributed by atoms with Gasteiger partial charge in [0.15, 0.2) is 0 Å². The van der Waals surface area contributed by atoms with Crippen LogP contribution in [0.4, 0.5) is 5.69 Å². The molecule has 2 heterocycles. The number of aryl methyl sites for hydroxylation is 1. The van der Waals surface area contributed by atoms with E-state index in [1.165, 1.54) is 4.88 Å². The molecule has 2 nitrogen and oxygen atoms in total. The van der Waals surface area contributed by atoms with Crippen molar-refractivity contribution in [2.45, 2.75) is 6.92 Å². The van der Waals surface area contributed by atoms with Crippen molar-refractivity contribution < 1.29 is 0 Å².